The van der Waals surface area contributed by atoms with Crippen LogP contribution in [0.3, 0.4) is 0 Å². The molecule has 0 unspecified atom stereocenters. The summed E-state index contributed by atoms with van der Waals surface area (Å²) < 4.78 is 30.1. The summed E-state index contributed by atoms with van der Waals surface area (Å²) in [4.78, 5) is 16.1. The Labute approximate surface area is 207 Å². The number of sulfonamides is 1. The number of hydrogen-bond acceptors (Lipinski definition) is 5. The zero-order chi connectivity index (χ0) is 25.4. The Balaban J connectivity index is 1.65. The van der Waals surface area contributed by atoms with E-state index in [2.05, 4.69) is 9.71 Å². The van der Waals surface area contributed by atoms with Crippen LogP contribution in [0.25, 0.3) is 21.7 Å². The van der Waals surface area contributed by atoms with E-state index in [0.717, 1.165) is 21.7 Å². The molecule has 3 N–H and O–H groups in total. The molecule has 0 fully saturated rings. The minimum absolute atomic E-state index is 0.0983. The molecule has 180 valence electrons. The van der Waals surface area contributed by atoms with Crippen LogP contribution in [-0.4, -0.2) is 34.8 Å². The summed E-state index contributed by atoms with van der Waals surface area (Å²) in [5.41, 5.74) is 2.94. The van der Waals surface area contributed by atoms with Crippen molar-refractivity contribution in [3.05, 3.63) is 102 Å². The van der Waals surface area contributed by atoms with E-state index in [9.17, 15) is 18.3 Å². The van der Waals surface area contributed by atoms with Crippen molar-refractivity contribution in [3.63, 3.8) is 0 Å². The van der Waals surface area contributed by atoms with Crippen LogP contribution < -0.4 is 4.72 Å². The highest BCUT2D eigenvalue weighted by molar-refractivity contribution is 7.92. The van der Waals surface area contributed by atoms with Crippen molar-refractivity contribution >= 4 is 49.1 Å². The van der Waals surface area contributed by atoms with E-state index in [-0.39, 0.29) is 17.3 Å². The summed E-state index contributed by atoms with van der Waals surface area (Å²) in [6.45, 7) is 1.86. The quantitative estimate of drug-likeness (QED) is 0.269. The average molecular weight is 499 g/mol. The lowest BCUT2D eigenvalue weighted by Crippen LogP contribution is -2.15. The van der Waals surface area contributed by atoms with Crippen molar-refractivity contribution in [1.29, 1.82) is 5.41 Å². The molecule has 5 rings (SSSR count). The molecule has 2 heterocycles. The Morgan fingerprint density at radius 2 is 1.78 bits per heavy atom. The van der Waals surface area contributed by atoms with Crippen LogP contribution in [0.5, 0.6) is 0 Å². The van der Waals surface area contributed by atoms with Gasteiger partial charge in [-0.1, -0.05) is 42.5 Å². The molecule has 9 heteroatoms. The fourth-order valence-corrected chi connectivity index (χ4v) is 5.29. The van der Waals surface area contributed by atoms with Gasteiger partial charge in [-0.3, -0.25) is 4.72 Å². The topological polar surface area (TPSA) is 125 Å². The van der Waals surface area contributed by atoms with Crippen molar-refractivity contribution in [1.82, 2.24) is 9.55 Å². The lowest BCUT2D eigenvalue weighted by molar-refractivity contribution is 0.0686. The molecule has 36 heavy (non-hydrogen) atoms. The van der Waals surface area contributed by atoms with Crippen LogP contribution in [0.1, 0.15) is 28.5 Å². The highest BCUT2D eigenvalue weighted by atomic mass is 32.2. The number of nitrogens with one attached hydrogen (secondary N) is 2. The van der Waals surface area contributed by atoms with Gasteiger partial charge in [0.2, 0.25) is 0 Å². The number of benzene rings is 3. The smallest absolute Gasteiger partial charge is 0.352 e. The predicted octanol–water partition coefficient (Wildman–Crippen LogP) is 5.12. The Hall–Kier alpha value is -4.50. The van der Waals surface area contributed by atoms with E-state index in [0.29, 0.717) is 22.5 Å². The second kappa shape index (κ2) is 8.94. The van der Waals surface area contributed by atoms with Crippen molar-refractivity contribution in [2.45, 2.75) is 18.5 Å². The molecule has 0 aliphatic rings. The van der Waals surface area contributed by atoms with Crippen LogP contribution in [0, 0.1) is 5.41 Å². The lowest BCUT2D eigenvalue weighted by Gasteiger charge is -2.15. The number of pyridine rings is 1. The zero-order valence-corrected chi connectivity index (χ0v) is 20.1. The number of carboxylic acids is 1. The molecule has 0 aliphatic heterocycles. The van der Waals surface area contributed by atoms with Gasteiger partial charge in [-0.25, -0.2) is 9.78 Å². The molecule has 0 saturated carbocycles. The van der Waals surface area contributed by atoms with Crippen LogP contribution in [-0.2, 0) is 16.6 Å². The van der Waals surface area contributed by atoms with E-state index in [1.165, 1.54) is 12.3 Å². The van der Waals surface area contributed by atoms with Crippen molar-refractivity contribution in [2.24, 2.45) is 0 Å². The molecule has 2 aromatic heterocycles. The van der Waals surface area contributed by atoms with Gasteiger partial charge < -0.3 is 15.1 Å². The Morgan fingerprint density at radius 3 is 2.50 bits per heavy atom. The molecule has 0 atom stereocenters. The summed E-state index contributed by atoms with van der Waals surface area (Å²) in [7, 11) is -3.92. The standard InChI is InChI=1S/C27H22N4O4S/c1-17(28)18-9-10-20-15-25(27(32)33)31(24(20)14-18)16-21-13-22(12-19-6-2-3-7-23(19)21)30-36(34,35)26-8-4-5-11-29-26/h2-15,28,30H,16H2,1H3,(H,32,33). The highest BCUT2D eigenvalue weighted by Gasteiger charge is 2.19. The largest absolute Gasteiger partial charge is 0.477 e. The summed E-state index contributed by atoms with van der Waals surface area (Å²) in [6.07, 6.45) is 1.41. The first kappa shape index (κ1) is 23.3. The molecule has 0 radical (unpaired) electrons. The Bertz CT molecular complexity index is 1760. The summed E-state index contributed by atoms with van der Waals surface area (Å²) in [5, 5.41) is 20.2. The van der Waals surface area contributed by atoms with Gasteiger partial charge in [0, 0.05) is 35.0 Å². The number of hydrogen-bond donors (Lipinski definition) is 3. The molecular formula is C27H22N4O4S. The predicted molar refractivity (Wildman–Crippen MR) is 139 cm³/mol. The summed E-state index contributed by atoms with van der Waals surface area (Å²) in [5.74, 6) is -1.07. The molecule has 0 saturated heterocycles. The SMILES string of the molecule is CC(=N)c1ccc2cc(C(=O)O)n(Cc3cc(NS(=O)(=O)c4ccccn4)cc4ccccc34)c2c1. The van der Waals surface area contributed by atoms with Gasteiger partial charge in [-0.05, 0) is 65.2 Å². The monoisotopic (exact) mass is 498 g/mol. The minimum Gasteiger partial charge on any atom is -0.477 e. The number of carboxylic acid groups (broad SMARTS) is 1. The fraction of sp³-hybridized carbons (Fsp3) is 0.0741. The van der Waals surface area contributed by atoms with E-state index in [1.807, 2.05) is 24.3 Å². The third kappa shape index (κ3) is 4.32. The number of carbonyl (C=O) groups is 1. The molecule has 0 bridgehead atoms. The molecule has 5 aromatic rings. The van der Waals surface area contributed by atoms with Gasteiger partial charge in [0.15, 0.2) is 5.03 Å². The van der Waals surface area contributed by atoms with Crippen LogP contribution in [0.15, 0.2) is 90.1 Å². The van der Waals surface area contributed by atoms with Gasteiger partial charge >= 0.3 is 5.97 Å². The van der Waals surface area contributed by atoms with Crippen molar-refractivity contribution < 1.29 is 18.3 Å². The maximum atomic E-state index is 12.9. The van der Waals surface area contributed by atoms with E-state index in [1.54, 1.807) is 60.0 Å². The van der Waals surface area contributed by atoms with Gasteiger partial charge in [-0.2, -0.15) is 8.42 Å². The Morgan fingerprint density at radius 1 is 1.00 bits per heavy atom. The number of anilines is 1. The number of rotatable bonds is 7. The van der Waals surface area contributed by atoms with Crippen molar-refractivity contribution in [3.8, 4) is 0 Å². The molecule has 3 aromatic carbocycles. The second-order valence-electron chi connectivity index (χ2n) is 8.45. The fourth-order valence-electron chi connectivity index (χ4n) is 4.30. The third-order valence-corrected chi connectivity index (χ3v) is 7.29. The maximum Gasteiger partial charge on any atom is 0.352 e. The van der Waals surface area contributed by atoms with Gasteiger partial charge in [-0.15, -0.1) is 0 Å². The maximum absolute atomic E-state index is 12.9. The highest BCUT2D eigenvalue weighted by Crippen LogP contribution is 2.29. The number of nitrogens with zero attached hydrogens (tertiary/aromatic N) is 2. The van der Waals surface area contributed by atoms with Gasteiger partial charge in [0.05, 0.1) is 0 Å². The molecule has 0 spiro atoms. The van der Waals surface area contributed by atoms with Crippen molar-refractivity contribution in [2.75, 3.05) is 4.72 Å². The zero-order valence-electron chi connectivity index (χ0n) is 19.3. The van der Waals surface area contributed by atoms with Crippen LogP contribution >= 0.6 is 0 Å². The van der Waals surface area contributed by atoms with E-state index >= 15 is 0 Å². The molecular weight excluding hydrogens is 476 g/mol. The first-order valence-electron chi connectivity index (χ1n) is 11.1. The lowest BCUT2D eigenvalue weighted by atomic mass is 10.0. The van der Waals surface area contributed by atoms with Gasteiger partial charge in [0.25, 0.3) is 10.0 Å². The summed E-state index contributed by atoms with van der Waals surface area (Å²) >= 11 is 0. The molecule has 0 amide bonds. The van der Waals surface area contributed by atoms with Crippen LogP contribution in [0.4, 0.5) is 5.69 Å². The van der Waals surface area contributed by atoms with Gasteiger partial charge in [0.1, 0.15) is 5.69 Å². The second-order valence-corrected chi connectivity index (χ2v) is 10.1. The normalized spacial score (nSPS) is 11.6. The van der Waals surface area contributed by atoms with E-state index < -0.39 is 16.0 Å². The number of fused-ring (bicyclic) bond motifs is 2. The average Bonchev–Trinajstić information content (AvgIpc) is 3.22. The molecule has 8 nitrogen and oxygen atoms in total. The first-order valence-corrected chi connectivity index (χ1v) is 12.6. The van der Waals surface area contributed by atoms with E-state index in [4.69, 9.17) is 5.41 Å². The summed E-state index contributed by atoms with van der Waals surface area (Å²) in [6, 6.07) is 22.7. The molecule has 0 aliphatic carbocycles. The first-order chi connectivity index (χ1) is 17.2. The van der Waals surface area contributed by atoms with Crippen LogP contribution in [0.2, 0.25) is 0 Å². The minimum atomic E-state index is -3.92. The Kier molecular flexibility index (Phi) is 5.77. The number of aromatic carboxylic acids is 1. The number of aromatic nitrogens is 2. The third-order valence-electron chi connectivity index (χ3n) is 6.00.